The zero-order valence-corrected chi connectivity index (χ0v) is 30.0. The van der Waals surface area contributed by atoms with Gasteiger partial charge in [0.05, 0.1) is 31.5 Å². The van der Waals surface area contributed by atoms with Gasteiger partial charge in [0.25, 0.3) is 0 Å². The van der Waals surface area contributed by atoms with Gasteiger partial charge in [0.1, 0.15) is 37.1 Å². The highest BCUT2D eigenvalue weighted by atomic mass is 19.1. The van der Waals surface area contributed by atoms with E-state index in [1.807, 2.05) is 60.7 Å². The Labute approximate surface area is 306 Å². The number of ether oxygens (including phenoxy) is 5. The molecule has 1 saturated heterocycles. The van der Waals surface area contributed by atoms with E-state index < -0.39 is 0 Å². The van der Waals surface area contributed by atoms with Crippen LogP contribution in [0.25, 0.3) is 0 Å². The summed E-state index contributed by atoms with van der Waals surface area (Å²) in [7, 11) is 1.73. The summed E-state index contributed by atoms with van der Waals surface area (Å²) in [6.07, 6.45) is 1.73. The first-order valence-corrected chi connectivity index (χ1v) is 18.3. The van der Waals surface area contributed by atoms with Crippen molar-refractivity contribution in [2.45, 2.75) is 44.5 Å². The normalized spacial score (nSPS) is 17.0. The van der Waals surface area contributed by atoms with E-state index in [9.17, 15) is 9.18 Å². The van der Waals surface area contributed by atoms with E-state index in [0.29, 0.717) is 64.6 Å². The first kappa shape index (κ1) is 37.1. The van der Waals surface area contributed by atoms with Crippen LogP contribution in [0.5, 0.6) is 11.5 Å². The molecule has 276 valence electrons. The number of benzene rings is 4. The lowest BCUT2D eigenvalue weighted by Crippen LogP contribution is -2.47. The number of nitrogens with one attached hydrogen (secondary N) is 1. The molecule has 4 aromatic rings. The van der Waals surface area contributed by atoms with E-state index in [-0.39, 0.29) is 30.5 Å². The highest BCUT2D eigenvalue weighted by Crippen LogP contribution is 2.35. The molecule has 4 aromatic carbocycles. The fraction of sp³-hybridized carbons (Fsp3) is 0.405. The highest BCUT2D eigenvalue weighted by Gasteiger charge is 2.34. The molecule has 0 aromatic heterocycles. The number of likely N-dealkylation sites (tertiary alicyclic amines) is 1. The minimum Gasteiger partial charge on any atom is -0.492 e. The molecule has 1 fully saturated rings. The smallest absolute Gasteiger partial charge is 0.410 e. The predicted octanol–water partition coefficient (Wildman–Crippen LogP) is 6.98. The number of rotatable bonds is 17. The standard InChI is InChI=1S/C42H50FN3O6/c1-48-25-7-22-45-24-27-50-40-17-12-33(28-39(40)45)31-51-41-29-46(42(47)52-30-32-8-3-2-4-9-32)23-19-37(41)34-13-15-36(16-14-34)49-26-21-44-20-18-35-10-5-6-11-38(35)43/h2-6,8-17,28,37,41,44H,7,18-27,29-31H2,1H3. The molecule has 0 spiro atoms. The lowest BCUT2D eigenvalue weighted by molar-refractivity contribution is -0.0246. The molecular formula is C42H50FN3O6. The largest absolute Gasteiger partial charge is 0.492 e. The van der Waals surface area contributed by atoms with E-state index in [2.05, 4.69) is 34.5 Å². The Kier molecular flexibility index (Phi) is 13.8. The summed E-state index contributed by atoms with van der Waals surface area (Å²) in [5.74, 6) is 1.58. The second-order valence-electron chi connectivity index (χ2n) is 13.2. The van der Waals surface area contributed by atoms with Crippen LogP contribution >= 0.6 is 0 Å². The van der Waals surface area contributed by atoms with E-state index in [1.165, 1.54) is 6.07 Å². The molecule has 52 heavy (non-hydrogen) atoms. The van der Waals surface area contributed by atoms with Gasteiger partial charge in [-0.2, -0.15) is 0 Å². The SMILES string of the molecule is COCCCN1CCOc2ccc(COC3CN(C(=O)OCc4ccccc4)CCC3c3ccc(OCCNCCc4ccccc4F)cc3)cc21. The summed E-state index contributed by atoms with van der Waals surface area (Å²) < 4.78 is 43.5. The van der Waals surface area contributed by atoms with Gasteiger partial charge in [0.2, 0.25) is 0 Å². The summed E-state index contributed by atoms with van der Waals surface area (Å²) in [5.41, 5.74) is 4.93. The van der Waals surface area contributed by atoms with Crippen molar-refractivity contribution in [2.75, 3.05) is 71.1 Å². The topological polar surface area (TPSA) is 81.7 Å². The van der Waals surface area contributed by atoms with Gasteiger partial charge < -0.3 is 38.8 Å². The number of carbonyl (C=O) groups is 1. The fourth-order valence-corrected chi connectivity index (χ4v) is 6.79. The van der Waals surface area contributed by atoms with Crippen LogP contribution in [0.15, 0.2) is 97.1 Å². The minimum absolute atomic E-state index is 0.0822. The second kappa shape index (κ2) is 19.3. The van der Waals surface area contributed by atoms with Gasteiger partial charge in [0.15, 0.2) is 0 Å². The number of anilines is 1. The molecule has 2 unspecified atom stereocenters. The van der Waals surface area contributed by atoms with Crippen LogP contribution in [0.1, 0.15) is 41.0 Å². The molecule has 0 aliphatic carbocycles. The molecule has 2 atom stereocenters. The molecule has 9 nitrogen and oxygen atoms in total. The maximum absolute atomic E-state index is 13.9. The Morgan fingerprint density at radius 2 is 1.73 bits per heavy atom. The lowest BCUT2D eigenvalue weighted by Gasteiger charge is -2.38. The quantitative estimate of drug-likeness (QED) is 0.118. The van der Waals surface area contributed by atoms with Gasteiger partial charge in [-0.1, -0.05) is 66.7 Å². The zero-order chi connectivity index (χ0) is 36.0. The molecule has 2 aliphatic heterocycles. The van der Waals surface area contributed by atoms with Crippen LogP contribution in [0.4, 0.5) is 14.9 Å². The Hall–Kier alpha value is -4.64. The molecule has 0 radical (unpaired) electrons. The number of amides is 1. The van der Waals surface area contributed by atoms with E-state index in [0.717, 1.165) is 59.8 Å². The van der Waals surface area contributed by atoms with E-state index in [1.54, 1.807) is 18.1 Å². The van der Waals surface area contributed by atoms with E-state index >= 15 is 0 Å². The Bertz CT molecular complexity index is 1690. The maximum atomic E-state index is 13.9. The average molecular weight is 712 g/mol. The molecular weight excluding hydrogens is 661 g/mol. The molecule has 1 amide bonds. The van der Waals surface area contributed by atoms with Crippen molar-refractivity contribution in [3.63, 3.8) is 0 Å². The van der Waals surface area contributed by atoms with Crippen LogP contribution < -0.4 is 19.7 Å². The molecule has 2 heterocycles. The maximum Gasteiger partial charge on any atom is 0.410 e. The third-order valence-electron chi connectivity index (χ3n) is 9.63. The lowest BCUT2D eigenvalue weighted by atomic mass is 9.87. The number of fused-ring (bicyclic) bond motifs is 1. The Morgan fingerprint density at radius 3 is 2.56 bits per heavy atom. The number of halogens is 1. The third kappa shape index (κ3) is 10.5. The zero-order valence-electron chi connectivity index (χ0n) is 30.0. The molecule has 1 N–H and O–H groups in total. The van der Waals surface area contributed by atoms with E-state index in [4.69, 9.17) is 23.7 Å². The van der Waals surface area contributed by atoms with Crippen molar-refractivity contribution in [3.8, 4) is 11.5 Å². The van der Waals surface area contributed by atoms with Crippen LogP contribution in [0.3, 0.4) is 0 Å². The van der Waals surface area contributed by atoms with Crippen LogP contribution in [0.2, 0.25) is 0 Å². The Morgan fingerprint density at radius 1 is 0.904 bits per heavy atom. The molecule has 0 saturated carbocycles. The second-order valence-corrected chi connectivity index (χ2v) is 13.2. The average Bonchev–Trinajstić information content (AvgIpc) is 3.19. The number of hydrogen-bond acceptors (Lipinski definition) is 8. The van der Waals surface area contributed by atoms with Gasteiger partial charge in [-0.3, -0.25) is 0 Å². The summed E-state index contributed by atoms with van der Waals surface area (Å²) in [4.78, 5) is 17.3. The van der Waals surface area contributed by atoms with Crippen molar-refractivity contribution in [3.05, 3.63) is 125 Å². The van der Waals surface area contributed by atoms with Crippen LogP contribution in [-0.2, 0) is 33.8 Å². The third-order valence-corrected chi connectivity index (χ3v) is 9.63. The molecule has 6 rings (SSSR count). The fourth-order valence-electron chi connectivity index (χ4n) is 6.79. The molecule has 2 aliphatic rings. The van der Waals surface area contributed by atoms with Crippen molar-refractivity contribution in [2.24, 2.45) is 0 Å². The summed E-state index contributed by atoms with van der Waals surface area (Å²) in [6, 6.07) is 31.0. The van der Waals surface area contributed by atoms with Gasteiger partial charge >= 0.3 is 6.09 Å². The highest BCUT2D eigenvalue weighted by molar-refractivity contribution is 5.68. The summed E-state index contributed by atoms with van der Waals surface area (Å²) >= 11 is 0. The Balaban J connectivity index is 1.07. The molecule has 0 bridgehead atoms. The first-order valence-electron chi connectivity index (χ1n) is 18.3. The number of hydrogen-bond donors (Lipinski definition) is 1. The van der Waals surface area contributed by atoms with Crippen molar-refractivity contribution >= 4 is 11.8 Å². The number of methoxy groups -OCH3 is 1. The van der Waals surface area contributed by atoms with Gasteiger partial charge in [-0.15, -0.1) is 0 Å². The monoisotopic (exact) mass is 711 g/mol. The minimum atomic E-state index is -0.334. The van der Waals surface area contributed by atoms with Crippen LogP contribution in [0, 0.1) is 5.82 Å². The first-order chi connectivity index (χ1) is 25.6. The summed E-state index contributed by atoms with van der Waals surface area (Å²) in [6.45, 7) is 6.56. The van der Waals surface area contributed by atoms with Crippen molar-refractivity contribution in [1.29, 1.82) is 0 Å². The summed E-state index contributed by atoms with van der Waals surface area (Å²) in [5, 5.41) is 3.32. The van der Waals surface area contributed by atoms with Crippen molar-refractivity contribution < 1.29 is 32.9 Å². The number of piperidine rings is 1. The van der Waals surface area contributed by atoms with Gasteiger partial charge in [0, 0.05) is 39.3 Å². The number of nitrogens with zero attached hydrogens (tertiary/aromatic N) is 2. The van der Waals surface area contributed by atoms with Crippen molar-refractivity contribution in [1.82, 2.24) is 10.2 Å². The van der Waals surface area contributed by atoms with Crippen LogP contribution in [-0.4, -0.2) is 83.3 Å². The van der Waals surface area contributed by atoms with Gasteiger partial charge in [-0.25, -0.2) is 9.18 Å². The predicted molar refractivity (Wildman–Crippen MR) is 200 cm³/mol. The van der Waals surface area contributed by atoms with Gasteiger partial charge in [-0.05, 0) is 78.4 Å². The number of carbonyl (C=O) groups excluding carboxylic acids is 1. The molecule has 10 heteroatoms.